The zero-order valence-corrected chi connectivity index (χ0v) is 25.4. The van der Waals surface area contributed by atoms with Crippen molar-refractivity contribution in [2.24, 2.45) is 0 Å². The molecule has 0 atom stereocenters. The van der Waals surface area contributed by atoms with Crippen molar-refractivity contribution in [1.82, 2.24) is 19.9 Å². The number of amides is 1. The van der Waals surface area contributed by atoms with Crippen LogP contribution in [0.25, 0.3) is 11.4 Å². The van der Waals surface area contributed by atoms with Crippen LogP contribution in [-0.2, 0) is 17.8 Å². The second kappa shape index (κ2) is 13.0. The molecule has 1 saturated heterocycles. The number of nitrogen functional groups attached to an aromatic ring is 1. The van der Waals surface area contributed by atoms with Gasteiger partial charge in [-0.2, -0.15) is 15.0 Å². The third kappa shape index (κ3) is 6.37. The van der Waals surface area contributed by atoms with Crippen molar-refractivity contribution in [3.8, 4) is 17.1 Å². The Kier molecular flexibility index (Phi) is 8.48. The van der Waals surface area contributed by atoms with Crippen LogP contribution in [0.5, 0.6) is 5.75 Å². The number of morpholine rings is 1. The standard InChI is InChI=1S/C34H36FN7O4/c35-28-19-23(21-4-5-21)18-22-10-11-42(32(44)30(22)28)29-3-1-2-26(27(29)20-43)31-38-33(36)40-34(39-31)37-24-6-8-25(9-7-24)46-17-14-41-12-15-45-16-13-41/h1-3,6-9,18-19,21,43H,4-5,10-17,20H2,(H3,36,37,38,39,40). The summed E-state index contributed by atoms with van der Waals surface area (Å²) < 4.78 is 26.5. The Hall–Kier alpha value is -4.65. The molecule has 1 amide bonds. The lowest BCUT2D eigenvalue weighted by Crippen LogP contribution is -2.39. The molecule has 0 bridgehead atoms. The molecule has 46 heavy (non-hydrogen) atoms. The zero-order valence-electron chi connectivity index (χ0n) is 25.4. The number of aliphatic hydroxyl groups is 1. The van der Waals surface area contributed by atoms with Gasteiger partial charge in [0, 0.05) is 43.0 Å². The number of hydrogen-bond acceptors (Lipinski definition) is 10. The van der Waals surface area contributed by atoms with Gasteiger partial charge in [-0.15, -0.1) is 0 Å². The number of hydrogen-bond donors (Lipinski definition) is 3. The van der Waals surface area contributed by atoms with E-state index in [4.69, 9.17) is 15.2 Å². The van der Waals surface area contributed by atoms with Gasteiger partial charge < -0.3 is 30.5 Å². The molecule has 4 aromatic rings. The zero-order chi connectivity index (χ0) is 31.6. The first-order chi connectivity index (χ1) is 22.5. The molecular formula is C34H36FN7O4. The molecule has 11 nitrogen and oxygen atoms in total. The maximum atomic E-state index is 15.2. The van der Waals surface area contributed by atoms with Crippen molar-refractivity contribution in [3.63, 3.8) is 0 Å². The molecule has 1 saturated carbocycles. The summed E-state index contributed by atoms with van der Waals surface area (Å²) in [6.07, 6.45) is 2.63. The minimum absolute atomic E-state index is 0.0126. The van der Waals surface area contributed by atoms with Gasteiger partial charge in [0.25, 0.3) is 5.91 Å². The van der Waals surface area contributed by atoms with Crippen molar-refractivity contribution in [2.45, 2.75) is 31.8 Å². The number of carbonyl (C=O) groups excluding carboxylic acids is 1. The summed E-state index contributed by atoms with van der Waals surface area (Å²) in [5, 5.41) is 13.7. The fraction of sp³-hybridized carbons (Fsp3) is 0.353. The average molecular weight is 626 g/mol. The van der Waals surface area contributed by atoms with Crippen LogP contribution in [0.3, 0.4) is 0 Å². The van der Waals surface area contributed by atoms with E-state index in [1.54, 1.807) is 18.2 Å². The van der Waals surface area contributed by atoms with Gasteiger partial charge in [0.15, 0.2) is 5.82 Å². The number of nitrogens with zero attached hydrogens (tertiary/aromatic N) is 5. The van der Waals surface area contributed by atoms with Crippen LogP contribution >= 0.6 is 0 Å². The predicted molar refractivity (Wildman–Crippen MR) is 172 cm³/mol. The van der Waals surface area contributed by atoms with Gasteiger partial charge in [0.2, 0.25) is 11.9 Å². The van der Waals surface area contributed by atoms with E-state index in [1.807, 2.05) is 30.3 Å². The van der Waals surface area contributed by atoms with E-state index in [-0.39, 0.29) is 23.3 Å². The van der Waals surface area contributed by atoms with Crippen molar-refractivity contribution in [2.75, 3.05) is 62.0 Å². The summed E-state index contributed by atoms with van der Waals surface area (Å²) in [4.78, 5) is 30.6. The number of nitrogens with one attached hydrogen (secondary N) is 1. The van der Waals surface area contributed by atoms with Crippen LogP contribution in [0.15, 0.2) is 54.6 Å². The third-order valence-corrected chi connectivity index (χ3v) is 8.69. The van der Waals surface area contributed by atoms with Crippen molar-refractivity contribution < 1.29 is 23.8 Å². The van der Waals surface area contributed by atoms with Crippen LogP contribution in [0.4, 0.5) is 27.7 Å². The smallest absolute Gasteiger partial charge is 0.261 e. The maximum absolute atomic E-state index is 15.2. The Labute approximate surface area is 266 Å². The van der Waals surface area contributed by atoms with Crippen LogP contribution < -0.4 is 20.7 Å². The van der Waals surface area contributed by atoms with E-state index in [0.29, 0.717) is 42.3 Å². The Morgan fingerprint density at radius 3 is 2.61 bits per heavy atom. The highest BCUT2D eigenvalue weighted by molar-refractivity contribution is 6.09. The molecule has 1 aliphatic carbocycles. The van der Waals surface area contributed by atoms with Gasteiger partial charge >= 0.3 is 0 Å². The van der Waals surface area contributed by atoms with Crippen molar-refractivity contribution in [1.29, 1.82) is 0 Å². The predicted octanol–water partition coefficient (Wildman–Crippen LogP) is 4.29. The first-order valence-electron chi connectivity index (χ1n) is 15.7. The Bertz CT molecular complexity index is 1740. The molecule has 1 aromatic heterocycles. The molecule has 12 heteroatoms. The first kappa shape index (κ1) is 30.0. The lowest BCUT2D eigenvalue weighted by Gasteiger charge is -2.31. The number of rotatable bonds is 10. The van der Waals surface area contributed by atoms with E-state index in [0.717, 1.165) is 68.3 Å². The number of anilines is 4. The SMILES string of the molecule is Nc1nc(Nc2ccc(OCCN3CCOCC3)cc2)nc(-c2cccc(N3CCc4cc(C5CC5)cc(F)c4C3=O)c2CO)n1. The number of nitrogens with two attached hydrogens (primary N) is 1. The lowest BCUT2D eigenvalue weighted by molar-refractivity contribution is 0.0322. The van der Waals surface area contributed by atoms with Crippen molar-refractivity contribution >= 4 is 29.2 Å². The average Bonchev–Trinajstić information content (AvgIpc) is 3.91. The highest BCUT2D eigenvalue weighted by Crippen LogP contribution is 2.42. The highest BCUT2D eigenvalue weighted by atomic mass is 19.1. The third-order valence-electron chi connectivity index (χ3n) is 8.69. The quantitative estimate of drug-likeness (QED) is 0.234. The first-order valence-corrected chi connectivity index (χ1v) is 15.7. The van der Waals surface area contributed by atoms with Crippen LogP contribution in [-0.4, -0.2) is 76.9 Å². The molecular weight excluding hydrogens is 589 g/mol. The number of benzene rings is 3. The van der Waals surface area contributed by atoms with E-state index >= 15 is 4.39 Å². The summed E-state index contributed by atoms with van der Waals surface area (Å²) in [6.45, 7) is 4.72. The number of aromatic nitrogens is 3. The molecule has 4 N–H and O–H groups in total. The molecule has 7 rings (SSSR count). The monoisotopic (exact) mass is 625 g/mol. The molecule has 2 aliphatic heterocycles. The summed E-state index contributed by atoms with van der Waals surface area (Å²) in [7, 11) is 0. The van der Waals surface area contributed by atoms with Crippen LogP contribution in [0, 0.1) is 5.82 Å². The molecule has 0 unspecified atom stereocenters. The lowest BCUT2D eigenvalue weighted by atomic mass is 9.93. The van der Waals surface area contributed by atoms with Gasteiger partial charge in [-0.3, -0.25) is 9.69 Å². The number of carbonyl (C=O) groups is 1. The summed E-state index contributed by atoms with van der Waals surface area (Å²) in [5.74, 6) is 0.646. The van der Waals surface area contributed by atoms with E-state index in [1.165, 1.54) is 11.0 Å². The topological polar surface area (TPSA) is 139 Å². The molecule has 0 radical (unpaired) electrons. The van der Waals surface area contributed by atoms with E-state index < -0.39 is 18.3 Å². The molecule has 238 valence electrons. The summed E-state index contributed by atoms with van der Waals surface area (Å²) >= 11 is 0. The van der Waals surface area contributed by atoms with Gasteiger partial charge in [-0.05, 0) is 72.7 Å². The second-order valence-electron chi connectivity index (χ2n) is 11.8. The number of halogens is 1. The Balaban J connectivity index is 1.09. The molecule has 2 fully saturated rings. The molecule has 3 aliphatic rings. The van der Waals surface area contributed by atoms with Crippen LogP contribution in [0.1, 0.15) is 45.8 Å². The number of ether oxygens (including phenoxy) is 2. The van der Waals surface area contributed by atoms with Gasteiger partial charge in [-0.1, -0.05) is 18.2 Å². The highest BCUT2D eigenvalue weighted by Gasteiger charge is 2.33. The Morgan fingerprint density at radius 1 is 1.04 bits per heavy atom. The fourth-order valence-electron chi connectivity index (χ4n) is 6.13. The molecule has 3 heterocycles. The normalized spacial score (nSPS) is 16.7. The maximum Gasteiger partial charge on any atom is 0.261 e. The summed E-state index contributed by atoms with van der Waals surface area (Å²) in [5.41, 5.74) is 10.0. The largest absolute Gasteiger partial charge is 0.492 e. The summed E-state index contributed by atoms with van der Waals surface area (Å²) in [6, 6.07) is 16.2. The van der Waals surface area contributed by atoms with Gasteiger partial charge in [0.05, 0.1) is 31.1 Å². The number of aliphatic hydroxyl groups excluding tert-OH is 1. The van der Waals surface area contributed by atoms with Gasteiger partial charge in [0.1, 0.15) is 18.2 Å². The van der Waals surface area contributed by atoms with Crippen LogP contribution in [0.2, 0.25) is 0 Å². The van der Waals surface area contributed by atoms with Crippen molar-refractivity contribution in [3.05, 3.63) is 82.7 Å². The van der Waals surface area contributed by atoms with E-state index in [2.05, 4.69) is 25.2 Å². The second-order valence-corrected chi connectivity index (χ2v) is 11.8. The van der Waals surface area contributed by atoms with E-state index in [9.17, 15) is 9.90 Å². The minimum Gasteiger partial charge on any atom is -0.492 e. The molecule has 3 aromatic carbocycles. The minimum atomic E-state index is -0.496. The Morgan fingerprint density at radius 2 is 1.85 bits per heavy atom. The molecule has 0 spiro atoms. The van der Waals surface area contributed by atoms with Gasteiger partial charge in [-0.25, -0.2) is 4.39 Å². The number of fused-ring (bicyclic) bond motifs is 1. The fourth-order valence-corrected chi connectivity index (χ4v) is 6.13.